The van der Waals surface area contributed by atoms with Gasteiger partial charge >= 0.3 is 0 Å². The zero-order valence-corrected chi connectivity index (χ0v) is 11.9. The van der Waals surface area contributed by atoms with Crippen molar-refractivity contribution in [1.29, 1.82) is 0 Å². The molecule has 0 aliphatic carbocycles. The second kappa shape index (κ2) is 5.17. The van der Waals surface area contributed by atoms with Gasteiger partial charge in [-0.15, -0.1) is 0 Å². The second-order valence-electron chi connectivity index (χ2n) is 5.16. The van der Waals surface area contributed by atoms with Gasteiger partial charge in [-0.1, -0.05) is 12.1 Å². The third kappa shape index (κ3) is 2.14. The molecular weight excluding hydrogens is 252 g/mol. The summed E-state index contributed by atoms with van der Waals surface area (Å²) in [6, 6.07) is 7.31. The van der Waals surface area contributed by atoms with Crippen LogP contribution in [0.4, 0.5) is 5.69 Å². The summed E-state index contributed by atoms with van der Waals surface area (Å²) in [5, 5.41) is 18.0. The Labute approximate surface area is 118 Å². The molecule has 0 amide bonds. The highest BCUT2D eigenvalue weighted by Crippen LogP contribution is 2.29. The summed E-state index contributed by atoms with van der Waals surface area (Å²) in [4.78, 5) is 2.37. The molecule has 1 fully saturated rings. The van der Waals surface area contributed by atoms with Crippen LogP contribution in [-0.4, -0.2) is 41.1 Å². The van der Waals surface area contributed by atoms with Gasteiger partial charge in [-0.3, -0.25) is 0 Å². The topological polar surface area (TPSA) is 53.3 Å². The second-order valence-corrected chi connectivity index (χ2v) is 5.16. The Bertz CT molecular complexity index is 614. The van der Waals surface area contributed by atoms with Gasteiger partial charge in [0.25, 0.3) is 0 Å². The molecule has 20 heavy (non-hydrogen) atoms. The number of hydrogen-bond donors (Lipinski definition) is 2. The Morgan fingerprint density at radius 2 is 1.85 bits per heavy atom. The quantitative estimate of drug-likeness (QED) is 0.872. The molecule has 5 nitrogen and oxygen atoms in total. The summed E-state index contributed by atoms with van der Waals surface area (Å²) in [6.07, 6.45) is 0. The number of nitrogens with zero attached hydrogens (tertiary/aromatic N) is 3. The first-order chi connectivity index (χ1) is 9.68. The number of hydrogen-bond acceptors (Lipinski definition) is 4. The van der Waals surface area contributed by atoms with E-state index >= 15 is 0 Å². The van der Waals surface area contributed by atoms with Crippen LogP contribution in [0.25, 0.3) is 5.69 Å². The maximum atomic E-state index is 10.0. The van der Waals surface area contributed by atoms with Crippen molar-refractivity contribution >= 4 is 5.69 Å². The van der Waals surface area contributed by atoms with Gasteiger partial charge < -0.3 is 15.3 Å². The lowest BCUT2D eigenvalue weighted by atomic mass is 10.2. The van der Waals surface area contributed by atoms with Crippen molar-refractivity contribution in [1.82, 2.24) is 15.1 Å². The van der Waals surface area contributed by atoms with Crippen molar-refractivity contribution in [2.75, 3.05) is 31.1 Å². The Kier molecular flexibility index (Phi) is 3.36. The molecule has 2 heterocycles. The number of piperazine rings is 1. The van der Waals surface area contributed by atoms with Crippen LogP contribution in [0.15, 0.2) is 24.3 Å². The lowest BCUT2D eigenvalue weighted by Gasteiger charge is -2.29. The van der Waals surface area contributed by atoms with Gasteiger partial charge in [-0.2, -0.15) is 5.10 Å². The van der Waals surface area contributed by atoms with Gasteiger partial charge in [0.2, 0.25) is 0 Å². The minimum absolute atomic E-state index is 0.255. The molecule has 0 saturated carbocycles. The summed E-state index contributed by atoms with van der Waals surface area (Å²) in [6.45, 7) is 8.08. The summed E-state index contributed by atoms with van der Waals surface area (Å²) >= 11 is 0. The predicted octanol–water partition coefficient (Wildman–Crippen LogP) is 1.60. The van der Waals surface area contributed by atoms with Crippen LogP contribution in [0.3, 0.4) is 0 Å². The molecule has 1 saturated heterocycles. The number of aryl methyl sites for hydroxylation is 1. The average Bonchev–Trinajstić information content (AvgIpc) is 2.75. The van der Waals surface area contributed by atoms with Crippen LogP contribution in [-0.2, 0) is 0 Å². The zero-order chi connectivity index (χ0) is 14.1. The highest BCUT2D eigenvalue weighted by atomic mass is 16.3. The number of aromatic nitrogens is 2. The predicted molar refractivity (Wildman–Crippen MR) is 79.8 cm³/mol. The molecule has 0 bridgehead atoms. The summed E-state index contributed by atoms with van der Waals surface area (Å²) in [5.74, 6) is 0.255. The van der Waals surface area contributed by atoms with Crippen LogP contribution in [0.5, 0.6) is 5.75 Å². The molecule has 2 N–H and O–H groups in total. The Hall–Kier alpha value is -2.01. The van der Waals surface area contributed by atoms with Crippen molar-refractivity contribution in [2.24, 2.45) is 0 Å². The molecule has 0 radical (unpaired) electrons. The van der Waals surface area contributed by atoms with Crippen LogP contribution >= 0.6 is 0 Å². The Morgan fingerprint density at radius 1 is 1.15 bits per heavy atom. The minimum atomic E-state index is 0.255. The Morgan fingerprint density at radius 3 is 2.55 bits per heavy atom. The molecule has 1 aromatic carbocycles. The van der Waals surface area contributed by atoms with Gasteiger partial charge in [0.1, 0.15) is 11.4 Å². The molecule has 0 spiro atoms. The van der Waals surface area contributed by atoms with E-state index < -0.39 is 0 Å². The summed E-state index contributed by atoms with van der Waals surface area (Å²) in [5.41, 5.74) is 4.00. The normalized spacial score (nSPS) is 15.6. The van der Waals surface area contributed by atoms with Gasteiger partial charge in [0.15, 0.2) is 0 Å². The number of nitrogens with one attached hydrogen (secondary N) is 1. The molecule has 1 aromatic heterocycles. The van der Waals surface area contributed by atoms with Crippen LogP contribution in [0.2, 0.25) is 0 Å². The van der Waals surface area contributed by atoms with Crippen molar-refractivity contribution in [3.63, 3.8) is 0 Å². The van der Waals surface area contributed by atoms with E-state index in [4.69, 9.17) is 0 Å². The minimum Gasteiger partial charge on any atom is -0.506 e. The van der Waals surface area contributed by atoms with Crippen molar-refractivity contribution in [3.8, 4) is 11.4 Å². The summed E-state index contributed by atoms with van der Waals surface area (Å²) in [7, 11) is 0. The first kappa shape index (κ1) is 13.0. The first-order valence-electron chi connectivity index (χ1n) is 6.98. The highest BCUT2D eigenvalue weighted by Gasteiger charge is 2.21. The van der Waals surface area contributed by atoms with E-state index in [-0.39, 0.29) is 5.75 Å². The van der Waals surface area contributed by atoms with E-state index in [2.05, 4.69) is 22.2 Å². The molecule has 1 aliphatic heterocycles. The number of anilines is 1. The van der Waals surface area contributed by atoms with Crippen molar-refractivity contribution < 1.29 is 5.11 Å². The maximum absolute atomic E-state index is 10.0. The summed E-state index contributed by atoms with van der Waals surface area (Å²) < 4.78 is 1.84. The molecule has 106 valence electrons. The number of para-hydroxylation sites is 2. The fraction of sp³-hybridized carbons (Fsp3) is 0.400. The van der Waals surface area contributed by atoms with E-state index in [1.165, 1.54) is 5.69 Å². The molecule has 0 unspecified atom stereocenters. The third-order valence-electron chi connectivity index (χ3n) is 3.80. The monoisotopic (exact) mass is 272 g/mol. The lowest BCUT2D eigenvalue weighted by Crippen LogP contribution is -2.43. The fourth-order valence-electron chi connectivity index (χ4n) is 2.86. The van der Waals surface area contributed by atoms with Gasteiger partial charge in [0, 0.05) is 26.2 Å². The number of rotatable bonds is 2. The molecule has 5 heteroatoms. The first-order valence-corrected chi connectivity index (χ1v) is 6.98. The van der Waals surface area contributed by atoms with E-state index in [0.29, 0.717) is 0 Å². The van der Waals surface area contributed by atoms with Crippen LogP contribution in [0.1, 0.15) is 11.4 Å². The lowest BCUT2D eigenvalue weighted by molar-refractivity contribution is 0.470. The van der Waals surface area contributed by atoms with E-state index in [0.717, 1.165) is 43.3 Å². The van der Waals surface area contributed by atoms with Crippen LogP contribution < -0.4 is 10.2 Å². The van der Waals surface area contributed by atoms with Gasteiger partial charge in [-0.05, 0) is 26.0 Å². The molecular formula is C15H20N4O. The zero-order valence-electron chi connectivity index (χ0n) is 11.9. The van der Waals surface area contributed by atoms with Crippen molar-refractivity contribution in [2.45, 2.75) is 13.8 Å². The average molecular weight is 272 g/mol. The number of aromatic hydroxyl groups is 1. The van der Waals surface area contributed by atoms with E-state index in [1.54, 1.807) is 6.07 Å². The number of benzene rings is 1. The number of phenols is 1. The fourth-order valence-corrected chi connectivity index (χ4v) is 2.86. The van der Waals surface area contributed by atoms with Gasteiger partial charge in [0.05, 0.1) is 17.1 Å². The molecule has 0 atom stereocenters. The number of phenolic OH excluding ortho intramolecular Hbond substituents is 1. The molecule has 1 aliphatic rings. The largest absolute Gasteiger partial charge is 0.506 e. The van der Waals surface area contributed by atoms with Gasteiger partial charge in [-0.25, -0.2) is 4.68 Å². The van der Waals surface area contributed by atoms with E-state index in [1.807, 2.05) is 29.8 Å². The highest BCUT2D eigenvalue weighted by molar-refractivity contribution is 5.59. The van der Waals surface area contributed by atoms with Crippen LogP contribution in [0, 0.1) is 13.8 Å². The Balaban J connectivity index is 2.04. The SMILES string of the molecule is Cc1nn(-c2ccccc2O)c(C)c1N1CCNCC1. The van der Waals surface area contributed by atoms with Crippen molar-refractivity contribution in [3.05, 3.63) is 35.7 Å². The maximum Gasteiger partial charge on any atom is 0.141 e. The third-order valence-corrected chi connectivity index (χ3v) is 3.80. The smallest absolute Gasteiger partial charge is 0.141 e. The standard InChI is InChI=1S/C15H20N4O/c1-11-15(18-9-7-16-8-10-18)12(2)19(17-11)13-5-3-4-6-14(13)20/h3-6,16,20H,7-10H2,1-2H3. The van der Waals surface area contributed by atoms with E-state index in [9.17, 15) is 5.11 Å². The molecule has 2 aromatic rings. The molecule has 3 rings (SSSR count).